The average Bonchev–Trinajstić information content (AvgIpc) is 2.31. The Morgan fingerprint density at radius 2 is 1.47 bits per heavy atom. The molecule has 0 aliphatic rings. The van der Waals surface area contributed by atoms with Gasteiger partial charge in [-0.15, -0.1) is 0 Å². The fraction of sp³-hybridized carbons (Fsp3) is 0.0769. The molecule has 6 heteroatoms. The first-order chi connectivity index (χ1) is 8.90. The number of rotatable bonds is 3. The van der Waals surface area contributed by atoms with E-state index in [-0.39, 0.29) is 20.7 Å². The molecule has 2 aromatic rings. The molecular formula is C13H10Cl2O3S. The number of hydrogen-bond acceptors (Lipinski definition) is 3. The van der Waals surface area contributed by atoms with E-state index < -0.39 is 10.1 Å². The summed E-state index contributed by atoms with van der Waals surface area (Å²) < 4.78 is 29.3. The Labute approximate surface area is 121 Å². The SMILES string of the molecule is Cc1ccc(OS(=O)(=O)c2c(Cl)cccc2Cl)cc1. The lowest BCUT2D eigenvalue weighted by Crippen LogP contribution is -2.11. The van der Waals surface area contributed by atoms with E-state index in [2.05, 4.69) is 0 Å². The van der Waals surface area contributed by atoms with Gasteiger partial charge in [-0.1, -0.05) is 47.0 Å². The molecule has 0 bridgehead atoms. The number of hydrogen-bond donors (Lipinski definition) is 0. The highest BCUT2D eigenvalue weighted by Gasteiger charge is 2.23. The summed E-state index contributed by atoms with van der Waals surface area (Å²) in [7, 11) is -4.05. The number of aryl methyl sites for hydroxylation is 1. The Morgan fingerprint density at radius 3 is 2.00 bits per heavy atom. The average molecular weight is 317 g/mol. The molecule has 0 atom stereocenters. The standard InChI is InChI=1S/C13H10Cl2O3S/c1-9-5-7-10(8-6-9)18-19(16,17)13-11(14)3-2-4-12(13)15/h2-8H,1H3. The smallest absolute Gasteiger partial charge is 0.342 e. The van der Waals surface area contributed by atoms with Crippen LogP contribution in [0.2, 0.25) is 10.0 Å². The van der Waals surface area contributed by atoms with E-state index >= 15 is 0 Å². The Hall–Kier alpha value is -1.23. The zero-order valence-corrected chi connectivity index (χ0v) is 12.3. The second-order valence-electron chi connectivity index (χ2n) is 3.90. The largest absolute Gasteiger partial charge is 0.379 e. The van der Waals surface area contributed by atoms with Crippen molar-refractivity contribution in [1.82, 2.24) is 0 Å². The van der Waals surface area contributed by atoms with Crippen molar-refractivity contribution in [3.8, 4) is 5.75 Å². The lowest BCUT2D eigenvalue weighted by Gasteiger charge is -2.09. The predicted molar refractivity (Wildman–Crippen MR) is 75.5 cm³/mol. The Bertz CT molecular complexity index is 674. The summed E-state index contributed by atoms with van der Waals surface area (Å²) in [4.78, 5) is -0.223. The summed E-state index contributed by atoms with van der Waals surface area (Å²) in [5.41, 5.74) is 1.00. The lowest BCUT2D eigenvalue weighted by molar-refractivity contribution is 0.486. The first kappa shape index (κ1) is 14.2. The van der Waals surface area contributed by atoms with Crippen LogP contribution in [0.25, 0.3) is 0 Å². The fourth-order valence-electron chi connectivity index (χ4n) is 1.48. The molecule has 100 valence electrons. The van der Waals surface area contributed by atoms with Gasteiger partial charge >= 0.3 is 10.1 Å². The van der Waals surface area contributed by atoms with Gasteiger partial charge in [-0.3, -0.25) is 0 Å². The highest BCUT2D eigenvalue weighted by atomic mass is 35.5. The van der Waals surface area contributed by atoms with Crippen LogP contribution in [0.3, 0.4) is 0 Å². The minimum atomic E-state index is -4.05. The normalized spacial score (nSPS) is 11.3. The first-order valence-corrected chi connectivity index (χ1v) is 7.52. The van der Waals surface area contributed by atoms with Gasteiger partial charge in [0.2, 0.25) is 0 Å². The molecule has 0 saturated carbocycles. The van der Waals surface area contributed by atoms with E-state index in [1.165, 1.54) is 12.1 Å². The summed E-state index contributed by atoms with van der Waals surface area (Å²) in [6.45, 7) is 1.89. The Balaban J connectivity index is 2.41. The zero-order chi connectivity index (χ0) is 14.0. The highest BCUT2D eigenvalue weighted by molar-refractivity contribution is 7.87. The minimum absolute atomic E-state index is 0.0274. The molecule has 0 saturated heterocycles. The van der Waals surface area contributed by atoms with Gasteiger partial charge < -0.3 is 4.18 Å². The van der Waals surface area contributed by atoms with E-state index in [1.54, 1.807) is 30.3 Å². The monoisotopic (exact) mass is 316 g/mol. The maximum atomic E-state index is 12.1. The second kappa shape index (κ2) is 5.41. The summed E-state index contributed by atoms with van der Waals surface area (Å²) in [5.74, 6) is 0.210. The van der Waals surface area contributed by atoms with Crippen LogP contribution in [0.15, 0.2) is 47.4 Å². The molecule has 0 fully saturated rings. The number of benzene rings is 2. The second-order valence-corrected chi connectivity index (χ2v) is 6.20. The quantitative estimate of drug-likeness (QED) is 0.802. The molecule has 2 rings (SSSR count). The first-order valence-electron chi connectivity index (χ1n) is 5.35. The minimum Gasteiger partial charge on any atom is -0.379 e. The van der Waals surface area contributed by atoms with Gasteiger partial charge in [0.25, 0.3) is 0 Å². The third-order valence-electron chi connectivity index (χ3n) is 2.40. The van der Waals surface area contributed by atoms with Crippen molar-refractivity contribution in [2.24, 2.45) is 0 Å². The van der Waals surface area contributed by atoms with Crippen molar-refractivity contribution < 1.29 is 12.6 Å². The van der Waals surface area contributed by atoms with Crippen LogP contribution < -0.4 is 4.18 Å². The molecule has 0 aliphatic heterocycles. The Kier molecular flexibility index (Phi) is 4.04. The van der Waals surface area contributed by atoms with E-state index in [9.17, 15) is 8.42 Å². The van der Waals surface area contributed by atoms with Gasteiger partial charge in [0.15, 0.2) is 0 Å². The zero-order valence-electron chi connectivity index (χ0n) is 9.93. The molecule has 0 N–H and O–H groups in total. The lowest BCUT2D eigenvalue weighted by atomic mass is 10.2. The van der Waals surface area contributed by atoms with Gasteiger partial charge in [-0.05, 0) is 31.2 Å². The molecule has 2 aromatic carbocycles. The van der Waals surface area contributed by atoms with E-state index in [4.69, 9.17) is 27.4 Å². The van der Waals surface area contributed by atoms with Crippen molar-refractivity contribution in [3.63, 3.8) is 0 Å². The van der Waals surface area contributed by atoms with Gasteiger partial charge in [-0.25, -0.2) is 0 Å². The molecule has 0 aromatic heterocycles. The molecule has 3 nitrogen and oxygen atoms in total. The summed E-state index contributed by atoms with van der Waals surface area (Å²) in [6, 6.07) is 11.1. The van der Waals surface area contributed by atoms with Crippen LogP contribution in [-0.2, 0) is 10.1 Å². The van der Waals surface area contributed by atoms with Crippen molar-refractivity contribution in [1.29, 1.82) is 0 Å². The molecule has 0 amide bonds. The highest BCUT2D eigenvalue weighted by Crippen LogP contribution is 2.31. The molecule has 0 heterocycles. The summed E-state index contributed by atoms with van der Waals surface area (Å²) >= 11 is 11.7. The van der Waals surface area contributed by atoms with Gasteiger partial charge in [0.1, 0.15) is 10.6 Å². The molecule has 0 radical (unpaired) electrons. The van der Waals surface area contributed by atoms with E-state index in [1.807, 2.05) is 6.92 Å². The van der Waals surface area contributed by atoms with Crippen LogP contribution in [-0.4, -0.2) is 8.42 Å². The molecule has 0 aliphatic carbocycles. The topological polar surface area (TPSA) is 43.4 Å². The van der Waals surface area contributed by atoms with Crippen LogP contribution in [0.4, 0.5) is 0 Å². The summed E-state index contributed by atoms with van der Waals surface area (Å²) in [6.07, 6.45) is 0. The van der Waals surface area contributed by atoms with Crippen molar-refractivity contribution in [2.45, 2.75) is 11.8 Å². The Morgan fingerprint density at radius 1 is 0.947 bits per heavy atom. The van der Waals surface area contributed by atoms with Crippen molar-refractivity contribution >= 4 is 33.3 Å². The molecular weight excluding hydrogens is 307 g/mol. The fourth-order valence-corrected chi connectivity index (χ4v) is 3.51. The van der Waals surface area contributed by atoms with Gasteiger partial charge in [0, 0.05) is 0 Å². The van der Waals surface area contributed by atoms with Crippen molar-refractivity contribution in [2.75, 3.05) is 0 Å². The van der Waals surface area contributed by atoms with Crippen LogP contribution >= 0.6 is 23.2 Å². The van der Waals surface area contributed by atoms with Gasteiger partial charge in [-0.2, -0.15) is 8.42 Å². The maximum absolute atomic E-state index is 12.1. The van der Waals surface area contributed by atoms with Crippen LogP contribution in [0, 0.1) is 6.92 Å². The van der Waals surface area contributed by atoms with Crippen molar-refractivity contribution in [3.05, 3.63) is 58.1 Å². The summed E-state index contributed by atoms with van der Waals surface area (Å²) in [5, 5.41) is 0.0548. The number of halogens is 2. The van der Waals surface area contributed by atoms with E-state index in [0.29, 0.717) is 0 Å². The maximum Gasteiger partial charge on any atom is 0.342 e. The van der Waals surface area contributed by atoms with Gasteiger partial charge in [0.05, 0.1) is 10.0 Å². The van der Waals surface area contributed by atoms with Crippen LogP contribution in [0.5, 0.6) is 5.75 Å². The van der Waals surface area contributed by atoms with Crippen LogP contribution in [0.1, 0.15) is 5.56 Å². The predicted octanol–water partition coefficient (Wildman–Crippen LogP) is 4.07. The third kappa shape index (κ3) is 3.21. The van der Waals surface area contributed by atoms with E-state index in [0.717, 1.165) is 5.56 Å². The molecule has 0 spiro atoms. The molecule has 19 heavy (non-hydrogen) atoms. The third-order valence-corrected chi connectivity index (χ3v) is 4.60. The molecule has 0 unspecified atom stereocenters.